The Bertz CT molecular complexity index is 646. The number of carboxylic acid groups (broad SMARTS) is 1. The number of hydrogen-bond acceptors (Lipinski definition) is 3. The fraction of sp³-hybridized carbons (Fsp3) is 0.800. The molecule has 194 valence electrons. The summed E-state index contributed by atoms with van der Waals surface area (Å²) in [5.74, 6) is -22.9. The topological polar surface area (TPSA) is 63.6 Å². The lowest BCUT2D eigenvalue weighted by atomic mass is 9.95. The first-order valence-electron chi connectivity index (χ1n) is 10.3. The Kier molecular flexibility index (Phi) is 12.3. The summed E-state index contributed by atoms with van der Waals surface area (Å²) in [4.78, 5) is 21.9. The maximum Gasteiger partial charge on any atom is 0.460 e. The van der Waals surface area contributed by atoms with Crippen molar-refractivity contribution in [2.45, 2.75) is 101 Å². The van der Waals surface area contributed by atoms with Crippen molar-refractivity contribution < 1.29 is 58.9 Å². The molecule has 0 radical (unpaired) electrons. The lowest BCUT2D eigenvalue weighted by molar-refractivity contribution is -0.398. The summed E-state index contributed by atoms with van der Waals surface area (Å²) < 4.78 is 122. The zero-order valence-corrected chi connectivity index (χ0v) is 17.9. The fourth-order valence-corrected chi connectivity index (χ4v) is 2.87. The Morgan fingerprint density at radius 2 is 1.27 bits per heavy atom. The number of aliphatic carboxylic acids is 1. The van der Waals surface area contributed by atoms with E-state index >= 15 is 0 Å². The molecule has 0 aliphatic heterocycles. The third-order valence-electron chi connectivity index (χ3n) is 4.72. The third kappa shape index (κ3) is 9.83. The van der Waals surface area contributed by atoms with E-state index in [4.69, 9.17) is 5.11 Å². The highest BCUT2D eigenvalue weighted by Gasteiger charge is 2.81. The first-order valence-corrected chi connectivity index (χ1v) is 10.3. The van der Waals surface area contributed by atoms with Crippen LogP contribution in [0.3, 0.4) is 0 Å². The maximum atomic E-state index is 14.0. The van der Waals surface area contributed by atoms with Gasteiger partial charge in [-0.2, -0.15) is 39.5 Å². The third-order valence-corrected chi connectivity index (χ3v) is 4.72. The van der Waals surface area contributed by atoms with Gasteiger partial charge in [0.2, 0.25) is 0 Å². The summed E-state index contributed by atoms with van der Waals surface area (Å²) in [6.07, 6.45) is -5.72. The van der Waals surface area contributed by atoms with Gasteiger partial charge in [0.15, 0.2) is 0 Å². The first kappa shape index (κ1) is 31.0. The molecule has 4 nitrogen and oxygen atoms in total. The number of ether oxygens (including phenoxy) is 1. The van der Waals surface area contributed by atoms with Gasteiger partial charge in [-0.25, -0.2) is 9.59 Å². The molecule has 0 spiro atoms. The van der Waals surface area contributed by atoms with Gasteiger partial charge in [-0.3, -0.25) is 0 Å². The van der Waals surface area contributed by atoms with E-state index < -0.39 is 54.8 Å². The minimum absolute atomic E-state index is 0.0334. The van der Waals surface area contributed by atoms with E-state index in [1.165, 1.54) is 0 Å². The van der Waals surface area contributed by atoms with Crippen LogP contribution in [0, 0.1) is 0 Å². The Hall–Kier alpha value is -1.95. The van der Waals surface area contributed by atoms with Crippen molar-refractivity contribution in [3.05, 3.63) is 12.2 Å². The van der Waals surface area contributed by atoms with Gasteiger partial charge in [0.05, 0.1) is 6.42 Å². The van der Waals surface area contributed by atoms with Crippen LogP contribution in [0.2, 0.25) is 0 Å². The van der Waals surface area contributed by atoms with E-state index in [1.54, 1.807) is 0 Å². The molecule has 0 fully saturated rings. The molecule has 0 heterocycles. The zero-order chi connectivity index (χ0) is 25.9. The number of carbonyl (C=O) groups excluding carboxylic acids is 1. The van der Waals surface area contributed by atoms with Crippen LogP contribution in [0.5, 0.6) is 0 Å². The van der Waals surface area contributed by atoms with Crippen molar-refractivity contribution >= 4 is 11.9 Å². The molecule has 0 saturated heterocycles. The lowest BCUT2D eigenvalue weighted by Crippen LogP contribution is -2.61. The summed E-state index contributed by atoms with van der Waals surface area (Å²) in [5.41, 5.74) is 0. The molecular formula is C20H27F9O4. The molecule has 0 rings (SSSR count). The lowest BCUT2D eigenvalue weighted by Gasteiger charge is -2.35. The number of alkyl halides is 9. The summed E-state index contributed by atoms with van der Waals surface area (Å²) in [6.45, 7) is 2.01. The van der Waals surface area contributed by atoms with Gasteiger partial charge in [-0.15, -0.1) is 0 Å². The van der Waals surface area contributed by atoms with Crippen molar-refractivity contribution in [3.8, 4) is 0 Å². The van der Waals surface area contributed by atoms with Crippen molar-refractivity contribution in [3.63, 3.8) is 0 Å². The van der Waals surface area contributed by atoms with E-state index in [2.05, 4.69) is 4.74 Å². The minimum Gasteiger partial charge on any atom is -0.478 e. The molecule has 13 heteroatoms. The van der Waals surface area contributed by atoms with E-state index in [-0.39, 0.29) is 18.6 Å². The number of halogens is 9. The molecule has 1 atom stereocenters. The largest absolute Gasteiger partial charge is 0.478 e. The van der Waals surface area contributed by atoms with Crippen molar-refractivity contribution in [1.29, 1.82) is 0 Å². The second-order valence-electron chi connectivity index (χ2n) is 7.55. The number of carbonyl (C=O) groups is 2. The molecule has 33 heavy (non-hydrogen) atoms. The van der Waals surface area contributed by atoms with Crippen molar-refractivity contribution in [2.75, 3.05) is 0 Å². The number of unbranched alkanes of at least 4 members (excludes halogenated alkanes) is 7. The summed E-state index contributed by atoms with van der Waals surface area (Å²) in [6, 6.07) is 0. The Balaban J connectivity index is 5.29. The first-order chi connectivity index (χ1) is 15.0. The number of hydrogen-bond donors (Lipinski definition) is 1. The van der Waals surface area contributed by atoms with Gasteiger partial charge in [-0.05, 0) is 12.8 Å². The summed E-state index contributed by atoms with van der Waals surface area (Å²) in [7, 11) is 0. The highest BCUT2D eigenvalue weighted by Crippen LogP contribution is 2.54. The van der Waals surface area contributed by atoms with Crippen LogP contribution in [0.15, 0.2) is 12.2 Å². The fourth-order valence-electron chi connectivity index (χ4n) is 2.87. The van der Waals surface area contributed by atoms with Gasteiger partial charge in [0, 0.05) is 12.2 Å². The molecule has 0 amide bonds. The van der Waals surface area contributed by atoms with Crippen LogP contribution < -0.4 is 0 Å². The second-order valence-corrected chi connectivity index (χ2v) is 7.55. The van der Waals surface area contributed by atoms with Crippen LogP contribution in [-0.2, 0) is 14.3 Å². The van der Waals surface area contributed by atoms with Crippen LogP contribution in [-0.4, -0.2) is 47.1 Å². The van der Waals surface area contributed by atoms with E-state index in [0.29, 0.717) is 12.8 Å². The van der Waals surface area contributed by atoms with Crippen LogP contribution >= 0.6 is 0 Å². The molecule has 0 bridgehead atoms. The monoisotopic (exact) mass is 502 g/mol. The number of rotatable bonds is 16. The van der Waals surface area contributed by atoms with E-state index in [9.17, 15) is 49.1 Å². The molecule has 0 aliphatic carbocycles. The quantitative estimate of drug-likeness (QED) is 0.108. The minimum atomic E-state index is -7.04. The average Bonchev–Trinajstić information content (AvgIpc) is 2.66. The van der Waals surface area contributed by atoms with E-state index in [1.807, 2.05) is 6.92 Å². The molecule has 1 N–H and O–H groups in total. The highest BCUT2D eigenvalue weighted by molar-refractivity contribution is 5.90. The average molecular weight is 502 g/mol. The molecule has 0 aliphatic rings. The standard InChI is InChI=1S/C20H27F9O4/c1-2-3-4-5-6-7-8-9-10-14(33-16(32)12-11-15(30)31)13-17(21,22)18(23,24)19(25,26)20(27,28)29/h11-12,14H,2-10,13H2,1H3,(H,30,31)/b12-11-. The molecule has 0 aromatic heterocycles. The molecule has 0 aromatic carbocycles. The molecule has 1 unspecified atom stereocenters. The van der Waals surface area contributed by atoms with Gasteiger partial charge in [0.25, 0.3) is 0 Å². The maximum absolute atomic E-state index is 14.0. The van der Waals surface area contributed by atoms with Gasteiger partial charge in [0.1, 0.15) is 6.10 Å². The van der Waals surface area contributed by atoms with Gasteiger partial charge in [-0.1, -0.05) is 51.9 Å². The molecule has 0 aromatic rings. The Labute approximate surface area is 185 Å². The van der Waals surface area contributed by atoms with E-state index in [0.717, 1.165) is 32.1 Å². The SMILES string of the molecule is CCCCCCCCCCC(CC(F)(F)C(F)(F)C(F)(F)C(F)(F)F)OC(=O)/C=C\C(=O)O. The Morgan fingerprint density at radius 1 is 0.788 bits per heavy atom. The predicted octanol–water partition coefficient (Wildman–Crippen LogP) is 6.93. The van der Waals surface area contributed by atoms with Gasteiger partial charge < -0.3 is 9.84 Å². The Morgan fingerprint density at radius 3 is 1.73 bits per heavy atom. The van der Waals surface area contributed by atoms with Crippen LogP contribution in [0.25, 0.3) is 0 Å². The van der Waals surface area contributed by atoms with Crippen LogP contribution in [0.4, 0.5) is 39.5 Å². The highest BCUT2D eigenvalue weighted by atomic mass is 19.4. The van der Waals surface area contributed by atoms with Crippen molar-refractivity contribution in [2.24, 2.45) is 0 Å². The second kappa shape index (κ2) is 13.1. The number of esters is 1. The summed E-state index contributed by atoms with van der Waals surface area (Å²) in [5, 5.41) is 8.43. The number of carboxylic acids is 1. The van der Waals surface area contributed by atoms with Gasteiger partial charge >= 0.3 is 35.9 Å². The molecular weight excluding hydrogens is 475 g/mol. The van der Waals surface area contributed by atoms with Crippen molar-refractivity contribution in [1.82, 2.24) is 0 Å². The smallest absolute Gasteiger partial charge is 0.460 e. The summed E-state index contributed by atoms with van der Waals surface area (Å²) >= 11 is 0. The normalized spacial score (nSPS) is 14.5. The van der Waals surface area contributed by atoms with Crippen LogP contribution in [0.1, 0.15) is 71.1 Å². The zero-order valence-electron chi connectivity index (χ0n) is 17.9. The predicted molar refractivity (Wildman–Crippen MR) is 99.4 cm³/mol. The molecule has 0 saturated carbocycles.